The van der Waals surface area contributed by atoms with Crippen LogP contribution in [0.5, 0.6) is 5.75 Å². The Morgan fingerprint density at radius 3 is 1.82 bits per heavy atom. The van der Waals surface area contributed by atoms with Crippen molar-refractivity contribution in [3.8, 4) is 5.75 Å². The minimum absolute atomic E-state index is 0.00265. The van der Waals surface area contributed by atoms with E-state index in [0.717, 1.165) is 32.1 Å². The predicted octanol–water partition coefficient (Wildman–Crippen LogP) is 5.96. The number of hydrogen-bond acceptors (Lipinski definition) is 12. The number of carbonyl (C=O) groups is 9. The Morgan fingerprint density at radius 1 is 0.703 bits per heavy atom. The van der Waals surface area contributed by atoms with Gasteiger partial charge in [0.15, 0.2) is 5.78 Å². The molecule has 1 aromatic rings. The van der Waals surface area contributed by atoms with Crippen LogP contribution in [0.25, 0.3) is 0 Å². The maximum Gasteiger partial charge on any atom is 0.289 e. The van der Waals surface area contributed by atoms with Crippen LogP contribution in [0.15, 0.2) is 24.3 Å². The van der Waals surface area contributed by atoms with Crippen LogP contribution in [-0.2, 0) is 59.0 Å². The number of unbranched alkanes of at least 4 members (excludes halogenated alkanes) is 6. The van der Waals surface area contributed by atoms with Gasteiger partial charge in [0.2, 0.25) is 35.3 Å². The average molecular weight is 1040 g/mol. The molecular formula is C56H92N6O12. The number of hydrogen-bond donors (Lipinski definition) is 6. The highest BCUT2D eigenvalue weighted by molar-refractivity contribution is 6.38. The minimum Gasteiger partial charge on any atom is -0.508 e. The molecule has 1 aromatic carbocycles. The smallest absolute Gasteiger partial charge is 0.289 e. The third-order valence-corrected chi connectivity index (χ3v) is 12.9. The maximum atomic E-state index is 14.8. The van der Waals surface area contributed by atoms with Crippen LogP contribution in [0, 0.1) is 17.8 Å². The summed E-state index contributed by atoms with van der Waals surface area (Å²) in [5, 5.41) is 23.0. The molecule has 18 heteroatoms. The van der Waals surface area contributed by atoms with E-state index >= 15 is 0 Å². The Hall–Kier alpha value is -5.23. The van der Waals surface area contributed by atoms with Crippen molar-refractivity contribution in [2.24, 2.45) is 17.8 Å². The molecule has 18 nitrogen and oxygen atoms in total. The number of ether oxygens (including phenoxy) is 2. The highest BCUT2D eigenvalue weighted by Gasteiger charge is 2.43. The number of nitrogens with one attached hydrogen (secondary N) is 5. The lowest BCUT2D eigenvalue weighted by Crippen LogP contribution is -2.60. The Labute approximate surface area is 441 Å². The first-order valence-electron chi connectivity index (χ1n) is 26.9. The second-order valence-corrected chi connectivity index (χ2v) is 22.7. The van der Waals surface area contributed by atoms with Crippen LogP contribution in [0.4, 0.5) is 0 Å². The zero-order valence-corrected chi connectivity index (χ0v) is 47.1. The standard InChI is InChI=1S/C56H92N6O12/c1-15-16-17-18-19-20-21-23-42(64)33-40(30-34(2)3)50(68)61-47(38(7)74-56(11,12)13)54(72)62-29-22-24-44(62)52(70)60-46(37(6)73-55(8,9)10)45(65)31-35(4)49(67)59-43(32-39-25-27-41(63)28-26-39)51(69)58-36(5)48(66)53(71)57-14/h25-28,34-38,40,43-44,46-47,63H,15-24,29-33H2,1-14H3,(H,57,71)(H,58,69)(H,59,67)(H,60,70)(H,61,68)/t35-,36?,37?,38?,40-,43+,44-,46+,47+/m1/s1. The molecule has 2 rings (SSSR count). The molecule has 1 aliphatic rings. The van der Waals surface area contributed by atoms with Gasteiger partial charge < -0.3 is 46.1 Å². The fourth-order valence-corrected chi connectivity index (χ4v) is 9.21. The fraction of sp³-hybridized carbons (Fsp3) is 0.732. The van der Waals surface area contributed by atoms with Gasteiger partial charge in [0.25, 0.3) is 5.91 Å². The zero-order valence-electron chi connectivity index (χ0n) is 47.1. The summed E-state index contributed by atoms with van der Waals surface area (Å²) in [7, 11) is 1.28. The fourth-order valence-electron chi connectivity index (χ4n) is 9.21. The molecule has 6 amide bonds. The van der Waals surface area contributed by atoms with Crippen LogP contribution in [-0.4, -0.2) is 130 Å². The summed E-state index contributed by atoms with van der Waals surface area (Å²) in [6.45, 7) is 23.3. The molecule has 1 fully saturated rings. The quantitative estimate of drug-likeness (QED) is 0.0361. The van der Waals surface area contributed by atoms with Crippen molar-refractivity contribution in [3.05, 3.63) is 29.8 Å². The van der Waals surface area contributed by atoms with Crippen molar-refractivity contribution in [2.45, 2.75) is 234 Å². The summed E-state index contributed by atoms with van der Waals surface area (Å²) in [5.74, 6) is -7.15. The first-order chi connectivity index (χ1) is 34.5. The second kappa shape index (κ2) is 31.0. The van der Waals surface area contributed by atoms with E-state index in [1.165, 1.54) is 50.8 Å². The Balaban J connectivity index is 2.38. The number of Topliss-reactive ketones (excluding diaryl/α,β-unsaturated/α-hetero) is 3. The van der Waals surface area contributed by atoms with Crippen molar-refractivity contribution in [1.29, 1.82) is 0 Å². The highest BCUT2D eigenvalue weighted by atomic mass is 16.5. The summed E-state index contributed by atoms with van der Waals surface area (Å²) >= 11 is 0. The lowest BCUT2D eigenvalue weighted by molar-refractivity contribution is -0.150. The largest absolute Gasteiger partial charge is 0.508 e. The predicted molar refractivity (Wildman–Crippen MR) is 284 cm³/mol. The molecule has 74 heavy (non-hydrogen) atoms. The van der Waals surface area contributed by atoms with E-state index in [1.807, 2.05) is 34.6 Å². The van der Waals surface area contributed by atoms with Gasteiger partial charge in [-0.25, -0.2) is 0 Å². The number of rotatable bonds is 32. The highest BCUT2D eigenvalue weighted by Crippen LogP contribution is 2.25. The number of phenols is 1. The first kappa shape index (κ1) is 64.9. The van der Waals surface area contributed by atoms with Crippen LogP contribution in [0.3, 0.4) is 0 Å². The first-order valence-corrected chi connectivity index (χ1v) is 26.9. The van der Waals surface area contributed by atoms with Crippen molar-refractivity contribution in [3.63, 3.8) is 0 Å². The number of phenolic OH excluding ortho intramolecular Hbond substituents is 1. The third-order valence-electron chi connectivity index (χ3n) is 12.9. The van der Waals surface area contributed by atoms with Crippen LogP contribution in [0.1, 0.15) is 179 Å². The minimum atomic E-state index is -1.30. The van der Waals surface area contributed by atoms with E-state index in [4.69, 9.17) is 9.47 Å². The zero-order chi connectivity index (χ0) is 56.1. The number of benzene rings is 1. The van der Waals surface area contributed by atoms with Crippen molar-refractivity contribution >= 4 is 52.8 Å². The molecule has 0 aliphatic carbocycles. The number of nitrogens with zero attached hydrogens (tertiary/aromatic N) is 1. The molecule has 0 radical (unpaired) electrons. The van der Waals surface area contributed by atoms with Crippen molar-refractivity contribution in [1.82, 2.24) is 31.5 Å². The molecule has 1 saturated heterocycles. The SMILES string of the molecule is CCCCCCCCCC(=O)C[C@@H](CC(C)C)C(=O)N[C@H](C(=O)N1CCC[C@@H]1C(=O)N[C@H](C(=O)C[C@@H](C)C(=O)N[C@@H](Cc1ccc(O)cc1)C(=O)NC(C)C(=O)C(=O)NC)C(C)OC(C)(C)C)C(C)OC(C)(C)C. The monoisotopic (exact) mass is 1040 g/mol. The molecule has 6 N–H and O–H groups in total. The average Bonchev–Trinajstić information content (AvgIpc) is 3.80. The molecule has 3 unspecified atom stereocenters. The topological polar surface area (TPSA) is 256 Å². The molecular weight excluding hydrogens is 949 g/mol. The van der Waals surface area contributed by atoms with E-state index in [0.29, 0.717) is 24.8 Å². The molecule has 1 heterocycles. The summed E-state index contributed by atoms with van der Waals surface area (Å²) < 4.78 is 12.5. The molecule has 418 valence electrons. The maximum absolute atomic E-state index is 14.8. The van der Waals surface area contributed by atoms with Crippen molar-refractivity contribution < 1.29 is 57.7 Å². The lowest BCUT2D eigenvalue weighted by Gasteiger charge is -2.36. The molecule has 0 spiro atoms. The van der Waals surface area contributed by atoms with Gasteiger partial charge in [0, 0.05) is 51.1 Å². The van der Waals surface area contributed by atoms with Gasteiger partial charge in [-0.15, -0.1) is 0 Å². The Bertz CT molecular complexity index is 2030. The Morgan fingerprint density at radius 2 is 1.27 bits per heavy atom. The van der Waals surface area contributed by atoms with Crippen LogP contribution in [0.2, 0.25) is 0 Å². The molecule has 0 saturated carbocycles. The third kappa shape index (κ3) is 23.1. The van der Waals surface area contributed by atoms with E-state index in [9.17, 15) is 48.3 Å². The van der Waals surface area contributed by atoms with E-state index in [1.54, 1.807) is 46.8 Å². The summed E-state index contributed by atoms with van der Waals surface area (Å²) in [5.41, 5.74) is -0.938. The lowest BCUT2D eigenvalue weighted by atomic mass is 9.90. The van der Waals surface area contributed by atoms with Gasteiger partial charge in [0.1, 0.15) is 35.7 Å². The van der Waals surface area contributed by atoms with Gasteiger partial charge in [-0.2, -0.15) is 0 Å². The number of ketones is 3. The number of carbonyl (C=O) groups excluding carboxylic acids is 9. The van der Waals surface area contributed by atoms with Gasteiger partial charge in [-0.05, 0) is 112 Å². The normalized spacial score (nSPS) is 17.2. The van der Waals surface area contributed by atoms with E-state index < -0.39 is 119 Å². The molecule has 0 bridgehead atoms. The number of likely N-dealkylation sites (N-methyl/N-ethyl adjacent to an activating group) is 1. The van der Waals surface area contributed by atoms with E-state index in [2.05, 4.69) is 33.5 Å². The van der Waals surface area contributed by atoms with Crippen LogP contribution >= 0.6 is 0 Å². The summed E-state index contributed by atoms with van der Waals surface area (Å²) in [6, 6.07) is -0.146. The van der Waals surface area contributed by atoms with Gasteiger partial charge >= 0.3 is 0 Å². The van der Waals surface area contributed by atoms with Gasteiger partial charge in [-0.3, -0.25) is 43.2 Å². The second-order valence-electron chi connectivity index (χ2n) is 22.7. The number of likely N-dealkylation sites (tertiary alicyclic amines) is 1. The Kier molecular flexibility index (Phi) is 27.2. The van der Waals surface area contributed by atoms with E-state index in [-0.39, 0.29) is 43.3 Å². The van der Waals surface area contributed by atoms with Crippen molar-refractivity contribution in [2.75, 3.05) is 13.6 Å². The number of aromatic hydroxyl groups is 1. The van der Waals surface area contributed by atoms with Crippen LogP contribution < -0.4 is 26.6 Å². The summed E-state index contributed by atoms with van der Waals surface area (Å²) in [4.78, 5) is 125. The molecule has 0 aromatic heterocycles. The number of amides is 6. The van der Waals surface area contributed by atoms with Gasteiger partial charge in [-0.1, -0.05) is 78.4 Å². The molecule has 1 aliphatic heterocycles. The van der Waals surface area contributed by atoms with Gasteiger partial charge in [0.05, 0.1) is 29.5 Å². The summed E-state index contributed by atoms with van der Waals surface area (Å²) in [6.07, 6.45) is 6.78. The molecule has 9 atom stereocenters.